The number of benzene rings is 1. The molecule has 0 saturated carbocycles. The summed E-state index contributed by atoms with van der Waals surface area (Å²) in [6.07, 6.45) is 1.98. The van der Waals surface area contributed by atoms with Crippen LogP contribution in [0, 0.1) is 0 Å². The molecule has 0 aliphatic carbocycles. The van der Waals surface area contributed by atoms with E-state index in [0.29, 0.717) is 5.82 Å². The van der Waals surface area contributed by atoms with Crippen LogP contribution in [0.3, 0.4) is 0 Å². The Balaban J connectivity index is 2.60. The number of hydrogen-bond acceptors (Lipinski definition) is 6. The predicted octanol–water partition coefficient (Wildman–Crippen LogP) is 1.50. The van der Waals surface area contributed by atoms with Crippen molar-refractivity contribution in [2.24, 2.45) is 4.99 Å². The Bertz CT molecular complexity index is 732. The van der Waals surface area contributed by atoms with Gasteiger partial charge in [-0.15, -0.1) is 0 Å². The molecular formula is C15H15N3O4. The van der Waals surface area contributed by atoms with Crippen LogP contribution in [0.15, 0.2) is 46.3 Å². The van der Waals surface area contributed by atoms with Crippen LogP contribution in [0.25, 0.3) is 11.4 Å². The Labute approximate surface area is 126 Å². The van der Waals surface area contributed by atoms with Gasteiger partial charge in [0.15, 0.2) is 12.0 Å². The quantitative estimate of drug-likeness (QED) is 0.458. The van der Waals surface area contributed by atoms with Gasteiger partial charge >= 0.3 is 0 Å². The molecule has 0 saturated heterocycles. The largest absolute Gasteiger partial charge is 0.354 e. The number of ether oxygens (including phenoxy) is 2. The smallest absolute Gasteiger partial charge is 0.280 e. The van der Waals surface area contributed by atoms with Gasteiger partial charge < -0.3 is 9.47 Å². The third-order valence-corrected chi connectivity index (χ3v) is 3.08. The average molecular weight is 301 g/mol. The molecule has 0 amide bonds. The van der Waals surface area contributed by atoms with Crippen LogP contribution in [-0.4, -0.2) is 36.1 Å². The van der Waals surface area contributed by atoms with E-state index in [9.17, 15) is 9.59 Å². The van der Waals surface area contributed by atoms with E-state index in [2.05, 4.69) is 9.98 Å². The summed E-state index contributed by atoms with van der Waals surface area (Å²) in [6, 6.07) is 9.20. The number of carbonyl (C=O) groups excluding carboxylic acids is 1. The molecule has 1 heterocycles. The van der Waals surface area contributed by atoms with Gasteiger partial charge in [0.05, 0.1) is 12.7 Å². The van der Waals surface area contributed by atoms with E-state index in [4.69, 9.17) is 9.47 Å². The molecule has 22 heavy (non-hydrogen) atoms. The average Bonchev–Trinajstić information content (AvgIpc) is 2.56. The lowest BCUT2D eigenvalue weighted by Crippen LogP contribution is -2.30. The fraction of sp³-hybridized carbons (Fsp3) is 0.267. The van der Waals surface area contributed by atoms with Crippen LogP contribution in [0.5, 0.6) is 0 Å². The van der Waals surface area contributed by atoms with Gasteiger partial charge in [0, 0.05) is 19.8 Å². The summed E-state index contributed by atoms with van der Waals surface area (Å²) in [4.78, 5) is 30.5. The molecule has 0 spiro atoms. The van der Waals surface area contributed by atoms with E-state index < -0.39 is 11.8 Å². The summed E-state index contributed by atoms with van der Waals surface area (Å²) in [7, 11) is 2.95. The fourth-order valence-corrected chi connectivity index (χ4v) is 1.99. The Kier molecular flexibility index (Phi) is 5.32. The zero-order valence-corrected chi connectivity index (χ0v) is 12.2. The molecule has 0 aliphatic heterocycles. The molecule has 7 nitrogen and oxygen atoms in total. The lowest BCUT2D eigenvalue weighted by atomic mass is 10.2. The summed E-state index contributed by atoms with van der Waals surface area (Å²) >= 11 is 0. The van der Waals surface area contributed by atoms with Crippen molar-refractivity contribution in [2.45, 2.75) is 12.8 Å². The van der Waals surface area contributed by atoms with E-state index in [1.807, 2.05) is 30.3 Å². The van der Waals surface area contributed by atoms with E-state index in [0.717, 1.165) is 5.56 Å². The summed E-state index contributed by atoms with van der Waals surface area (Å²) in [5.74, 6) is 0.439. The molecule has 0 unspecified atom stereocenters. The molecule has 2 rings (SSSR count). The highest BCUT2D eigenvalue weighted by molar-refractivity contribution is 5.57. The number of methoxy groups -OCH3 is 2. The maximum atomic E-state index is 12.5. The van der Waals surface area contributed by atoms with E-state index in [-0.39, 0.29) is 12.2 Å². The molecule has 0 N–H and O–H groups in total. The minimum absolute atomic E-state index is 0.0827. The maximum absolute atomic E-state index is 12.5. The van der Waals surface area contributed by atoms with Crippen LogP contribution >= 0.6 is 0 Å². The molecule has 114 valence electrons. The number of aromatic nitrogens is 2. The first-order valence-corrected chi connectivity index (χ1v) is 6.50. The molecule has 1 aromatic carbocycles. The monoisotopic (exact) mass is 301 g/mol. The van der Waals surface area contributed by atoms with Crippen molar-refractivity contribution >= 4 is 11.8 Å². The normalized spacial score (nSPS) is 10.5. The first-order valence-electron chi connectivity index (χ1n) is 6.50. The summed E-state index contributed by atoms with van der Waals surface area (Å²) in [5, 5.41) is 0. The second kappa shape index (κ2) is 7.42. The van der Waals surface area contributed by atoms with Crippen LogP contribution < -0.4 is 5.56 Å². The first-order chi connectivity index (χ1) is 10.7. The van der Waals surface area contributed by atoms with Crippen molar-refractivity contribution < 1.29 is 14.3 Å². The van der Waals surface area contributed by atoms with Gasteiger partial charge in [-0.1, -0.05) is 30.3 Å². The SMILES string of the molecule is COC(Cn1c(-c2ccccc2)ncc(N=C=O)c1=O)OC. The molecule has 2 aromatic rings. The third-order valence-electron chi connectivity index (χ3n) is 3.08. The lowest BCUT2D eigenvalue weighted by molar-refractivity contribution is -0.111. The van der Waals surface area contributed by atoms with Crippen molar-refractivity contribution in [3.8, 4) is 11.4 Å². The summed E-state index contributed by atoms with van der Waals surface area (Å²) in [6.45, 7) is 0.116. The zero-order valence-electron chi connectivity index (χ0n) is 12.2. The molecular weight excluding hydrogens is 286 g/mol. The third kappa shape index (κ3) is 3.35. The highest BCUT2D eigenvalue weighted by Crippen LogP contribution is 2.17. The van der Waals surface area contributed by atoms with Crippen LogP contribution in [0.1, 0.15) is 0 Å². The van der Waals surface area contributed by atoms with Crippen molar-refractivity contribution in [1.82, 2.24) is 9.55 Å². The topological polar surface area (TPSA) is 82.8 Å². The minimum Gasteiger partial charge on any atom is -0.354 e. The van der Waals surface area contributed by atoms with Gasteiger partial charge in [-0.25, -0.2) is 9.78 Å². The van der Waals surface area contributed by atoms with E-state index in [1.54, 1.807) is 0 Å². The Morgan fingerprint density at radius 1 is 1.27 bits per heavy atom. The zero-order chi connectivity index (χ0) is 15.9. The maximum Gasteiger partial charge on any atom is 0.280 e. The molecule has 0 fully saturated rings. The Morgan fingerprint density at radius 3 is 2.55 bits per heavy atom. The number of aliphatic imine (C=N–C) groups is 1. The predicted molar refractivity (Wildman–Crippen MR) is 79.5 cm³/mol. The first kappa shape index (κ1) is 15.8. The minimum atomic E-state index is -0.627. The van der Waals surface area contributed by atoms with Gasteiger partial charge in [-0.2, -0.15) is 4.99 Å². The van der Waals surface area contributed by atoms with Gasteiger partial charge in [0.1, 0.15) is 5.82 Å². The van der Waals surface area contributed by atoms with Crippen LogP contribution in [-0.2, 0) is 20.8 Å². The number of rotatable bonds is 6. The standard InChI is InChI=1S/C15H15N3O4/c1-21-13(22-2)9-18-14(11-6-4-3-5-7-11)16-8-12(15(18)20)17-10-19/h3-8,13H,9H2,1-2H3. The highest BCUT2D eigenvalue weighted by Gasteiger charge is 2.16. The summed E-state index contributed by atoms with van der Waals surface area (Å²) < 4.78 is 11.6. The number of isocyanates is 1. The van der Waals surface area contributed by atoms with Crippen LogP contribution in [0.2, 0.25) is 0 Å². The second-order valence-electron chi connectivity index (χ2n) is 4.35. The molecule has 7 heteroatoms. The Morgan fingerprint density at radius 2 is 1.95 bits per heavy atom. The van der Waals surface area contributed by atoms with E-state index in [1.165, 1.54) is 31.1 Å². The van der Waals surface area contributed by atoms with Crippen molar-refractivity contribution in [3.05, 3.63) is 46.9 Å². The fourth-order valence-electron chi connectivity index (χ4n) is 1.99. The van der Waals surface area contributed by atoms with Crippen molar-refractivity contribution in [2.75, 3.05) is 14.2 Å². The summed E-state index contributed by atoms with van der Waals surface area (Å²) in [5.41, 5.74) is 0.212. The molecule has 1 aromatic heterocycles. The second-order valence-corrected chi connectivity index (χ2v) is 4.35. The molecule has 0 radical (unpaired) electrons. The van der Waals surface area contributed by atoms with Crippen molar-refractivity contribution in [1.29, 1.82) is 0 Å². The highest BCUT2D eigenvalue weighted by atomic mass is 16.7. The number of hydrogen-bond donors (Lipinski definition) is 0. The van der Waals surface area contributed by atoms with Crippen LogP contribution in [0.4, 0.5) is 5.69 Å². The number of nitrogens with zero attached hydrogens (tertiary/aromatic N) is 3. The van der Waals surface area contributed by atoms with Gasteiger partial charge in [-0.05, 0) is 0 Å². The Hall–Kier alpha value is -2.60. The van der Waals surface area contributed by atoms with Gasteiger partial charge in [0.2, 0.25) is 6.08 Å². The molecule has 0 atom stereocenters. The molecule has 0 aliphatic rings. The van der Waals surface area contributed by atoms with Gasteiger partial charge in [-0.3, -0.25) is 9.36 Å². The lowest BCUT2D eigenvalue weighted by Gasteiger charge is -2.18. The van der Waals surface area contributed by atoms with Crippen molar-refractivity contribution in [3.63, 3.8) is 0 Å². The molecule has 0 bridgehead atoms. The van der Waals surface area contributed by atoms with E-state index >= 15 is 0 Å². The van der Waals surface area contributed by atoms with Gasteiger partial charge in [0.25, 0.3) is 5.56 Å².